The Labute approximate surface area is 330 Å². The molecule has 4 N–H and O–H groups in total. The number of hydrogen-bond donors (Lipinski definition) is 3. The normalized spacial score (nSPS) is 11.4. The number of nitrogens with two attached hydrogens (primary N) is 1. The third-order valence-electron chi connectivity index (χ3n) is 8.49. The first-order valence-corrected chi connectivity index (χ1v) is 19.0. The Hall–Kier alpha value is -6.11. The SMILES string of the molecule is Cc1cc(O)cc(C(F)(F)F)c1.Cc1ccc2nc(-c3ccc(N)cc3)sc2c1.Cc1ccc2nc(-c3ccc(N=Nc4c(C)cc(O)cc4C)cc3)sc2c1. The molecule has 8 rings (SSSR count). The summed E-state index contributed by atoms with van der Waals surface area (Å²) in [5.41, 5.74) is 16.2. The number of azo groups is 1. The van der Waals surface area contributed by atoms with Crippen molar-refractivity contribution < 1.29 is 23.4 Å². The Morgan fingerprint density at radius 1 is 0.554 bits per heavy atom. The molecule has 12 heteroatoms. The molecule has 2 aromatic heterocycles. The summed E-state index contributed by atoms with van der Waals surface area (Å²) in [6.07, 6.45) is -4.39. The average molecular weight is 790 g/mol. The number of thiazole rings is 2. The van der Waals surface area contributed by atoms with Crippen LogP contribution >= 0.6 is 22.7 Å². The molecule has 6 aromatic carbocycles. The molecular weight excluding hydrogens is 752 g/mol. The molecule has 0 amide bonds. The molecule has 0 bridgehead atoms. The van der Waals surface area contributed by atoms with Crippen molar-refractivity contribution in [3.8, 4) is 32.6 Å². The van der Waals surface area contributed by atoms with Crippen molar-refractivity contribution in [1.82, 2.24) is 9.97 Å². The van der Waals surface area contributed by atoms with Crippen LogP contribution in [-0.2, 0) is 6.18 Å². The predicted molar refractivity (Wildman–Crippen MR) is 224 cm³/mol. The van der Waals surface area contributed by atoms with Crippen LogP contribution in [0.2, 0.25) is 0 Å². The highest BCUT2D eigenvalue weighted by Gasteiger charge is 2.30. The summed E-state index contributed by atoms with van der Waals surface area (Å²) in [5, 5.41) is 29.2. The maximum atomic E-state index is 12.0. The Balaban J connectivity index is 0.000000156. The van der Waals surface area contributed by atoms with Gasteiger partial charge in [-0.15, -0.1) is 22.7 Å². The molecular formula is C44H38F3N5O2S2. The van der Waals surface area contributed by atoms with Gasteiger partial charge in [0.05, 0.1) is 37.4 Å². The van der Waals surface area contributed by atoms with E-state index in [1.54, 1.807) is 34.8 Å². The Morgan fingerprint density at radius 2 is 1.04 bits per heavy atom. The van der Waals surface area contributed by atoms with E-state index in [0.29, 0.717) is 11.6 Å². The summed E-state index contributed by atoms with van der Waals surface area (Å²) in [6, 6.07) is 34.8. The van der Waals surface area contributed by atoms with Crippen molar-refractivity contribution in [1.29, 1.82) is 0 Å². The molecule has 284 valence electrons. The standard InChI is InChI=1S/C22H19N3OS.C14H12N2S.C8H7F3O/c1-13-4-9-19-20(10-13)27-22(23-19)16-5-7-17(8-6-16)24-25-21-14(2)11-18(26)12-15(21)3;1-9-2-7-12-13(8-9)17-14(16-12)10-3-5-11(15)6-4-10;1-5-2-6(8(9,10)11)4-7(12)3-5/h4-12,26H,1-3H3;2-8H,15H2,1H3;2-4,12H,1H3. The molecule has 56 heavy (non-hydrogen) atoms. The molecule has 2 heterocycles. The number of fused-ring (bicyclic) bond motifs is 2. The van der Waals surface area contributed by atoms with E-state index in [9.17, 15) is 18.3 Å². The van der Waals surface area contributed by atoms with Crippen molar-refractivity contribution >= 4 is 60.2 Å². The van der Waals surface area contributed by atoms with Crippen molar-refractivity contribution in [2.24, 2.45) is 10.2 Å². The zero-order valence-electron chi connectivity index (χ0n) is 31.2. The third kappa shape index (κ3) is 9.95. The van der Waals surface area contributed by atoms with E-state index in [4.69, 9.17) is 15.8 Å². The van der Waals surface area contributed by atoms with E-state index >= 15 is 0 Å². The zero-order chi connectivity index (χ0) is 40.1. The highest BCUT2D eigenvalue weighted by molar-refractivity contribution is 7.22. The average Bonchev–Trinajstić information content (AvgIpc) is 3.75. The summed E-state index contributed by atoms with van der Waals surface area (Å²) in [5.74, 6) is -0.110. The number of nitrogen functional groups attached to an aromatic ring is 1. The van der Waals surface area contributed by atoms with Crippen LogP contribution < -0.4 is 5.73 Å². The van der Waals surface area contributed by atoms with Gasteiger partial charge in [-0.1, -0.05) is 12.1 Å². The number of benzene rings is 6. The number of alkyl halides is 3. The first-order chi connectivity index (χ1) is 26.6. The largest absolute Gasteiger partial charge is 0.508 e. The molecule has 0 radical (unpaired) electrons. The summed E-state index contributed by atoms with van der Waals surface area (Å²) in [4.78, 5) is 9.35. The van der Waals surface area contributed by atoms with Gasteiger partial charge in [0.2, 0.25) is 0 Å². The second kappa shape index (κ2) is 16.7. The Bertz CT molecular complexity index is 2630. The summed E-state index contributed by atoms with van der Waals surface area (Å²) in [7, 11) is 0. The van der Waals surface area contributed by atoms with E-state index in [2.05, 4.69) is 65.5 Å². The minimum atomic E-state index is -4.39. The van der Waals surface area contributed by atoms with Gasteiger partial charge in [-0.2, -0.15) is 23.4 Å². The van der Waals surface area contributed by atoms with Gasteiger partial charge < -0.3 is 15.9 Å². The lowest BCUT2D eigenvalue weighted by Crippen LogP contribution is -2.04. The van der Waals surface area contributed by atoms with Crippen molar-refractivity contribution in [3.05, 3.63) is 149 Å². The summed E-state index contributed by atoms with van der Waals surface area (Å²) < 4.78 is 38.5. The molecule has 0 aliphatic carbocycles. The highest BCUT2D eigenvalue weighted by atomic mass is 32.1. The molecule has 0 atom stereocenters. The van der Waals surface area contributed by atoms with Gasteiger partial charge in [0.15, 0.2) is 0 Å². The minimum Gasteiger partial charge on any atom is -0.508 e. The van der Waals surface area contributed by atoms with Crippen LogP contribution in [0.3, 0.4) is 0 Å². The van der Waals surface area contributed by atoms with Gasteiger partial charge in [0.1, 0.15) is 21.5 Å². The fourth-order valence-electron chi connectivity index (χ4n) is 5.73. The highest BCUT2D eigenvalue weighted by Crippen LogP contribution is 2.35. The second-order valence-electron chi connectivity index (χ2n) is 13.3. The van der Waals surface area contributed by atoms with E-state index in [1.165, 1.54) is 33.5 Å². The fourth-order valence-corrected chi connectivity index (χ4v) is 7.87. The lowest BCUT2D eigenvalue weighted by molar-refractivity contribution is -0.137. The molecule has 0 saturated carbocycles. The summed E-state index contributed by atoms with van der Waals surface area (Å²) >= 11 is 3.42. The number of rotatable bonds is 4. The Kier molecular flexibility index (Phi) is 11.8. The number of aryl methyl sites for hydroxylation is 5. The molecule has 0 fully saturated rings. The van der Waals surface area contributed by atoms with Gasteiger partial charge in [-0.05, 0) is 166 Å². The van der Waals surface area contributed by atoms with Crippen LogP contribution in [0, 0.1) is 34.6 Å². The number of aromatic hydroxyl groups is 2. The number of nitrogens with zero attached hydrogens (tertiary/aromatic N) is 4. The van der Waals surface area contributed by atoms with Crippen LogP contribution in [-0.4, -0.2) is 20.2 Å². The van der Waals surface area contributed by atoms with Gasteiger partial charge in [-0.3, -0.25) is 0 Å². The van der Waals surface area contributed by atoms with E-state index in [0.717, 1.165) is 66.4 Å². The lowest BCUT2D eigenvalue weighted by Gasteiger charge is -2.07. The number of anilines is 1. The number of aromatic nitrogens is 2. The quantitative estimate of drug-likeness (QED) is 0.121. The van der Waals surface area contributed by atoms with Gasteiger partial charge in [0, 0.05) is 16.8 Å². The molecule has 0 unspecified atom stereocenters. The number of hydrogen-bond acceptors (Lipinski definition) is 9. The van der Waals surface area contributed by atoms with E-state index < -0.39 is 11.7 Å². The van der Waals surface area contributed by atoms with Crippen molar-refractivity contribution in [3.63, 3.8) is 0 Å². The fraction of sp³-hybridized carbons (Fsp3) is 0.136. The number of phenols is 2. The van der Waals surface area contributed by atoms with Crippen LogP contribution in [0.15, 0.2) is 125 Å². The number of halogens is 3. The summed E-state index contributed by atoms with van der Waals surface area (Å²) in [6.45, 7) is 9.52. The maximum absolute atomic E-state index is 12.0. The predicted octanol–water partition coefficient (Wildman–Crippen LogP) is 13.6. The zero-order valence-corrected chi connectivity index (χ0v) is 32.8. The molecule has 7 nitrogen and oxygen atoms in total. The lowest BCUT2D eigenvalue weighted by atomic mass is 10.1. The number of phenolic OH excluding ortho intramolecular Hbond substituents is 2. The molecule has 0 spiro atoms. The van der Waals surface area contributed by atoms with Gasteiger partial charge >= 0.3 is 6.18 Å². The van der Waals surface area contributed by atoms with Crippen LogP contribution in [0.4, 0.5) is 30.2 Å². The second-order valence-corrected chi connectivity index (χ2v) is 15.4. The first-order valence-electron chi connectivity index (χ1n) is 17.4. The first kappa shape index (κ1) is 39.6. The van der Waals surface area contributed by atoms with Crippen molar-refractivity contribution in [2.75, 3.05) is 5.73 Å². The molecule has 0 saturated heterocycles. The van der Waals surface area contributed by atoms with E-state index in [-0.39, 0.29) is 11.5 Å². The monoisotopic (exact) mass is 789 g/mol. The molecule has 0 aliphatic rings. The van der Waals surface area contributed by atoms with E-state index in [1.807, 2.05) is 62.4 Å². The van der Waals surface area contributed by atoms with Crippen LogP contribution in [0.1, 0.15) is 33.4 Å². The smallest absolute Gasteiger partial charge is 0.416 e. The topological polar surface area (TPSA) is 117 Å². The van der Waals surface area contributed by atoms with Crippen molar-refractivity contribution in [2.45, 2.75) is 40.8 Å². The maximum Gasteiger partial charge on any atom is 0.416 e. The Morgan fingerprint density at radius 3 is 1.52 bits per heavy atom. The minimum absolute atomic E-state index is 0.249. The van der Waals surface area contributed by atoms with Crippen LogP contribution in [0.25, 0.3) is 41.6 Å². The van der Waals surface area contributed by atoms with Gasteiger partial charge in [0.25, 0.3) is 0 Å². The third-order valence-corrected chi connectivity index (χ3v) is 10.6. The van der Waals surface area contributed by atoms with Crippen LogP contribution in [0.5, 0.6) is 11.5 Å². The van der Waals surface area contributed by atoms with Gasteiger partial charge in [-0.25, -0.2) is 9.97 Å². The molecule has 0 aliphatic heterocycles. The molecule has 8 aromatic rings.